The number of amidine groups is 1. The number of benzene rings is 1. The molecule has 2 nitrogen and oxygen atoms in total. The first-order valence-electron chi connectivity index (χ1n) is 3.08. The van der Waals surface area contributed by atoms with Crippen molar-refractivity contribution in [2.45, 2.75) is 6.92 Å². The molecule has 51 valence electrons. The first-order chi connectivity index (χ1) is 4.79. The summed E-state index contributed by atoms with van der Waals surface area (Å²) < 4.78 is 0. The van der Waals surface area contributed by atoms with Gasteiger partial charge in [-0.3, -0.25) is 5.41 Å². The van der Waals surface area contributed by atoms with Gasteiger partial charge < -0.3 is 5.32 Å². The van der Waals surface area contributed by atoms with Crippen molar-refractivity contribution in [3.05, 3.63) is 30.3 Å². The van der Waals surface area contributed by atoms with Crippen LogP contribution in [-0.4, -0.2) is 5.84 Å². The van der Waals surface area contributed by atoms with Crippen LogP contribution in [0, 0.1) is 11.5 Å². The lowest BCUT2D eigenvalue weighted by molar-refractivity contribution is 1.44. The molecule has 1 rings (SSSR count). The van der Waals surface area contributed by atoms with Crippen molar-refractivity contribution < 1.29 is 0 Å². The van der Waals surface area contributed by atoms with E-state index in [4.69, 9.17) is 5.41 Å². The van der Waals surface area contributed by atoms with Gasteiger partial charge in [-0.15, -0.1) is 0 Å². The molecule has 0 heterocycles. The molecule has 10 heavy (non-hydrogen) atoms. The zero-order valence-corrected chi connectivity index (χ0v) is 5.81. The minimum Gasteiger partial charge on any atom is -0.344 e. The van der Waals surface area contributed by atoms with Crippen molar-refractivity contribution in [3.8, 4) is 0 Å². The molecule has 0 saturated carbocycles. The van der Waals surface area contributed by atoms with Crippen LogP contribution < -0.4 is 5.32 Å². The Kier molecular flexibility index (Phi) is 2.05. The van der Waals surface area contributed by atoms with E-state index in [0.29, 0.717) is 5.84 Å². The maximum atomic E-state index is 7.10. The van der Waals surface area contributed by atoms with Gasteiger partial charge in [0.05, 0.1) is 5.84 Å². The van der Waals surface area contributed by atoms with Gasteiger partial charge in [0.2, 0.25) is 0 Å². The second-order valence-corrected chi connectivity index (χ2v) is 2.03. The van der Waals surface area contributed by atoms with E-state index in [-0.39, 0.29) is 0 Å². The number of hydrogen-bond acceptors (Lipinski definition) is 1. The van der Waals surface area contributed by atoms with Gasteiger partial charge in [-0.2, -0.15) is 0 Å². The van der Waals surface area contributed by atoms with Gasteiger partial charge in [-0.1, -0.05) is 18.2 Å². The Balaban J connectivity index is 2.67. The van der Waals surface area contributed by atoms with Gasteiger partial charge in [-0.05, 0) is 13.0 Å². The van der Waals surface area contributed by atoms with Crippen molar-refractivity contribution >= 4 is 11.5 Å². The largest absolute Gasteiger partial charge is 0.344 e. The topological polar surface area (TPSA) is 35.9 Å². The molecule has 0 bridgehead atoms. The molecule has 0 spiro atoms. The fourth-order valence-electron chi connectivity index (χ4n) is 0.673. The van der Waals surface area contributed by atoms with E-state index in [1.165, 1.54) is 0 Å². The highest BCUT2D eigenvalue weighted by Gasteiger charge is 1.87. The molecule has 0 amide bonds. The van der Waals surface area contributed by atoms with E-state index in [1.54, 1.807) is 6.92 Å². The molecule has 0 fully saturated rings. The lowest BCUT2D eigenvalue weighted by atomic mass is 10.3. The van der Waals surface area contributed by atoms with Gasteiger partial charge in [0.15, 0.2) is 0 Å². The Morgan fingerprint density at radius 3 is 2.90 bits per heavy atom. The molecule has 2 N–H and O–H groups in total. The highest BCUT2D eigenvalue weighted by Crippen LogP contribution is 2.02. The highest BCUT2D eigenvalue weighted by atomic mass is 14.9. The fourth-order valence-corrected chi connectivity index (χ4v) is 0.673. The first kappa shape index (κ1) is 6.81. The molecule has 1 radical (unpaired) electrons. The van der Waals surface area contributed by atoms with Crippen molar-refractivity contribution in [2.75, 3.05) is 5.32 Å². The SMILES string of the molecule is CC(=N)Nc1[c]cccc1. The van der Waals surface area contributed by atoms with Crippen molar-refractivity contribution in [3.63, 3.8) is 0 Å². The summed E-state index contributed by atoms with van der Waals surface area (Å²) in [6, 6.07) is 10.4. The summed E-state index contributed by atoms with van der Waals surface area (Å²) in [6.07, 6.45) is 0. The summed E-state index contributed by atoms with van der Waals surface area (Å²) in [5, 5.41) is 9.93. The van der Waals surface area contributed by atoms with Crippen LogP contribution in [0.15, 0.2) is 24.3 Å². The maximum absolute atomic E-state index is 7.10. The Bertz CT molecular complexity index is 216. The monoisotopic (exact) mass is 133 g/mol. The van der Waals surface area contributed by atoms with Gasteiger partial charge in [-0.25, -0.2) is 0 Å². The number of nitrogens with one attached hydrogen (secondary N) is 2. The average Bonchev–Trinajstić information content (AvgIpc) is 1.88. The van der Waals surface area contributed by atoms with Crippen LogP contribution in [0.2, 0.25) is 0 Å². The molecule has 0 saturated heterocycles. The lowest BCUT2D eigenvalue weighted by Gasteiger charge is -2.00. The third-order valence-corrected chi connectivity index (χ3v) is 1.03. The second kappa shape index (κ2) is 3.01. The standard InChI is InChI=1S/C8H9N2/c1-7(9)10-8-5-3-2-4-6-8/h2-5H,1H3,(H2,9,10). The van der Waals surface area contributed by atoms with Crippen LogP contribution in [0.4, 0.5) is 5.69 Å². The predicted molar refractivity (Wildman–Crippen MR) is 42.3 cm³/mol. The average molecular weight is 133 g/mol. The summed E-state index contributed by atoms with van der Waals surface area (Å²) in [5.74, 6) is 0.433. The minimum atomic E-state index is 0.433. The van der Waals surface area contributed by atoms with Gasteiger partial charge in [0, 0.05) is 11.8 Å². The highest BCUT2D eigenvalue weighted by molar-refractivity contribution is 5.90. The molecular formula is C8H9N2. The lowest BCUT2D eigenvalue weighted by Crippen LogP contribution is -2.04. The number of hydrogen-bond donors (Lipinski definition) is 2. The number of rotatable bonds is 1. The second-order valence-electron chi connectivity index (χ2n) is 2.03. The van der Waals surface area contributed by atoms with Crippen molar-refractivity contribution in [1.29, 1.82) is 5.41 Å². The van der Waals surface area contributed by atoms with Crippen molar-refractivity contribution in [2.24, 2.45) is 0 Å². The summed E-state index contributed by atoms with van der Waals surface area (Å²) in [4.78, 5) is 0. The molecule has 1 aromatic carbocycles. The Morgan fingerprint density at radius 2 is 2.40 bits per heavy atom. The fraction of sp³-hybridized carbons (Fsp3) is 0.125. The van der Waals surface area contributed by atoms with Gasteiger partial charge in [0.1, 0.15) is 0 Å². The number of anilines is 1. The quantitative estimate of drug-likeness (QED) is 0.445. The zero-order chi connectivity index (χ0) is 7.40. The van der Waals surface area contributed by atoms with E-state index in [0.717, 1.165) is 5.69 Å². The van der Waals surface area contributed by atoms with E-state index >= 15 is 0 Å². The molecule has 2 heteroatoms. The minimum absolute atomic E-state index is 0.433. The summed E-state index contributed by atoms with van der Waals surface area (Å²) >= 11 is 0. The molecule has 0 aromatic heterocycles. The molecular weight excluding hydrogens is 124 g/mol. The Labute approximate surface area is 60.4 Å². The summed E-state index contributed by atoms with van der Waals surface area (Å²) in [6.45, 7) is 1.70. The van der Waals surface area contributed by atoms with Gasteiger partial charge >= 0.3 is 0 Å². The van der Waals surface area contributed by atoms with E-state index in [9.17, 15) is 0 Å². The Morgan fingerprint density at radius 1 is 1.60 bits per heavy atom. The molecule has 0 aliphatic carbocycles. The third kappa shape index (κ3) is 1.90. The maximum Gasteiger partial charge on any atom is 0.0944 e. The summed E-state index contributed by atoms with van der Waals surface area (Å²) in [5.41, 5.74) is 0.843. The Hall–Kier alpha value is -1.31. The van der Waals surface area contributed by atoms with Crippen LogP contribution in [0.3, 0.4) is 0 Å². The van der Waals surface area contributed by atoms with Crippen molar-refractivity contribution in [1.82, 2.24) is 0 Å². The van der Waals surface area contributed by atoms with E-state index in [2.05, 4.69) is 11.4 Å². The summed E-state index contributed by atoms with van der Waals surface area (Å²) in [7, 11) is 0. The van der Waals surface area contributed by atoms with Crippen LogP contribution in [-0.2, 0) is 0 Å². The van der Waals surface area contributed by atoms with E-state index in [1.807, 2.05) is 24.3 Å². The molecule has 1 aromatic rings. The zero-order valence-electron chi connectivity index (χ0n) is 5.81. The van der Waals surface area contributed by atoms with Crippen LogP contribution in [0.25, 0.3) is 0 Å². The smallest absolute Gasteiger partial charge is 0.0944 e. The van der Waals surface area contributed by atoms with Crippen LogP contribution in [0.5, 0.6) is 0 Å². The molecule has 0 aliphatic heterocycles. The third-order valence-electron chi connectivity index (χ3n) is 1.03. The predicted octanol–water partition coefficient (Wildman–Crippen LogP) is 1.90. The number of para-hydroxylation sites is 1. The van der Waals surface area contributed by atoms with E-state index < -0.39 is 0 Å². The first-order valence-corrected chi connectivity index (χ1v) is 3.08. The molecule has 0 unspecified atom stereocenters. The normalized spacial score (nSPS) is 8.90. The molecule has 0 aliphatic rings. The van der Waals surface area contributed by atoms with Crippen LogP contribution >= 0.6 is 0 Å². The van der Waals surface area contributed by atoms with Gasteiger partial charge in [0.25, 0.3) is 0 Å². The van der Waals surface area contributed by atoms with Crippen LogP contribution in [0.1, 0.15) is 6.92 Å². The molecule has 0 atom stereocenters.